The standard InChI is InChI=1S/C16H15ClO2S/c1-3-11-4-7-13(8-5-11)20-15-9-6-12(10-14(15)17)16(18)19-2/h4-10H,3H2,1-2H3. The van der Waals surface area contributed by atoms with Gasteiger partial charge in [0.1, 0.15) is 0 Å². The second kappa shape index (κ2) is 6.82. The molecule has 0 aliphatic heterocycles. The Hall–Kier alpha value is -1.45. The number of benzene rings is 2. The fourth-order valence-corrected chi connectivity index (χ4v) is 2.86. The van der Waals surface area contributed by atoms with Crippen LogP contribution in [0.15, 0.2) is 52.3 Å². The van der Waals surface area contributed by atoms with Gasteiger partial charge in [-0.05, 0) is 42.3 Å². The van der Waals surface area contributed by atoms with Crippen LogP contribution < -0.4 is 0 Å². The molecular weight excluding hydrogens is 292 g/mol. The Morgan fingerprint density at radius 1 is 1.20 bits per heavy atom. The average Bonchev–Trinajstić information content (AvgIpc) is 2.49. The summed E-state index contributed by atoms with van der Waals surface area (Å²) in [6.45, 7) is 2.13. The molecule has 0 atom stereocenters. The van der Waals surface area contributed by atoms with Crippen LogP contribution in [0.25, 0.3) is 0 Å². The summed E-state index contributed by atoms with van der Waals surface area (Å²) < 4.78 is 4.67. The fraction of sp³-hybridized carbons (Fsp3) is 0.188. The lowest BCUT2D eigenvalue weighted by molar-refractivity contribution is 0.0600. The molecule has 0 aliphatic rings. The molecule has 2 aromatic carbocycles. The van der Waals surface area contributed by atoms with Gasteiger partial charge >= 0.3 is 5.97 Å². The number of hydrogen-bond donors (Lipinski definition) is 0. The highest BCUT2D eigenvalue weighted by molar-refractivity contribution is 7.99. The largest absolute Gasteiger partial charge is 0.465 e. The summed E-state index contributed by atoms with van der Waals surface area (Å²) in [5, 5.41) is 0.553. The topological polar surface area (TPSA) is 26.3 Å². The minimum Gasteiger partial charge on any atom is -0.465 e. The first-order valence-corrected chi connectivity index (χ1v) is 7.48. The van der Waals surface area contributed by atoms with Gasteiger partial charge in [-0.15, -0.1) is 0 Å². The van der Waals surface area contributed by atoms with Gasteiger partial charge in [-0.3, -0.25) is 0 Å². The molecule has 0 saturated heterocycles. The lowest BCUT2D eigenvalue weighted by atomic mass is 10.2. The van der Waals surface area contributed by atoms with E-state index < -0.39 is 0 Å². The number of ether oxygens (including phenoxy) is 1. The molecule has 20 heavy (non-hydrogen) atoms. The van der Waals surface area contributed by atoms with Crippen molar-refractivity contribution in [3.63, 3.8) is 0 Å². The highest BCUT2D eigenvalue weighted by atomic mass is 35.5. The van der Waals surface area contributed by atoms with Crippen molar-refractivity contribution >= 4 is 29.3 Å². The Morgan fingerprint density at radius 3 is 2.45 bits per heavy atom. The minimum absolute atomic E-state index is 0.379. The molecule has 2 aromatic rings. The molecule has 0 N–H and O–H groups in total. The molecule has 104 valence electrons. The van der Waals surface area contributed by atoms with Crippen LogP contribution in [0.4, 0.5) is 0 Å². The highest BCUT2D eigenvalue weighted by Gasteiger charge is 2.09. The number of rotatable bonds is 4. The summed E-state index contributed by atoms with van der Waals surface area (Å²) >= 11 is 7.79. The number of methoxy groups -OCH3 is 1. The minimum atomic E-state index is -0.379. The van der Waals surface area contributed by atoms with Crippen molar-refractivity contribution in [2.24, 2.45) is 0 Å². The molecule has 0 aliphatic carbocycles. The zero-order valence-corrected chi connectivity index (χ0v) is 12.9. The van der Waals surface area contributed by atoms with Crippen molar-refractivity contribution in [3.8, 4) is 0 Å². The zero-order chi connectivity index (χ0) is 14.5. The van der Waals surface area contributed by atoms with Crippen LogP contribution in [-0.2, 0) is 11.2 Å². The third-order valence-corrected chi connectivity index (χ3v) is 4.42. The number of aryl methyl sites for hydroxylation is 1. The zero-order valence-electron chi connectivity index (χ0n) is 11.4. The molecule has 0 heterocycles. The van der Waals surface area contributed by atoms with Crippen LogP contribution in [0, 0.1) is 0 Å². The Morgan fingerprint density at radius 2 is 1.90 bits per heavy atom. The summed E-state index contributed by atoms with van der Waals surface area (Å²) in [4.78, 5) is 13.5. The van der Waals surface area contributed by atoms with E-state index in [1.807, 2.05) is 6.07 Å². The van der Waals surface area contributed by atoms with Crippen LogP contribution in [0.1, 0.15) is 22.8 Å². The van der Waals surface area contributed by atoms with E-state index in [2.05, 4.69) is 35.9 Å². The van der Waals surface area contributed by atoms with Crippen molar-refractivity contribution in [1.82, 2.24) is 0 Å². The first-order valence-electron chi connectivity index (χ1n) is 6.28. The van der Waals surface area contributed by atoms with Crippen molar-refractivity contribution < 1.29 is 9.53 Å². The van der Waals surface area contributed by atoms with E-state index in [-0.39, 0.29) is 5.97 Å². The van der Waals surface area contributed by atoms with Gasteiger partial charge in [0.05, 0.1) is 17.7 Å². The maximum absolute atomic E-state index is 11.4. The van der Waals surface area contributed by atoms with E-state index in [4.69, 9.17) is 11.6 Å². The van der Waals surface area contributed by atoms with E-state index in [9.17, 15) is 4.79 Å². The molecule has 0 aromatic heterocycles. The first-order chi connectivity index (χ1) is 9.63. The van der Waals surface area contributed by atoms with Gasteiger partial charge in [0.25, 0.3) is 0 Å². The molecular formula is C16H15ClO2S. The van der Waals surface area contributed by atoms with Crippen LogP contribution in [0.2, 0.25) is 5.02 Å². The van der Waals surface area contributed by atoms with E-state index in [1.165, 1.54) is 12.7 Å². The predicted octanol–water partition coefficient (Wildman–Crippen LogP) is 4.84. The van der Waals surface area contributed by atoms with Gasteiger partial charge in [-0.25, -0.2) is 4.79 Å². The lowest BCUT2D eigenvalue weighted by Gasteiger charge is -2.07. The van der Waals surface area contributed by atoms with Crippen molar-refractivity contribution in [2.45, 2.75) is 23.1 Å². The molecule has 0 saturated carbocycles. The summed E-state index contributed by atoms with van der Waals surface area (Å²) in [6, 6.07) is 13.6. The van der Waals surface area contributed by atoms with Gasteiger partial charge in [-0.1, -0.05) is 42.4 Å². The first kappa shape index (κ1) is 14.9. The second-order valence-electron chi connectivity index (χ2n) is 4.24. The number of carbonyl (C=O) groups is 1. The van der Waals surface area contributed by atoms with Gasteiger partial charge in [0.2, 0.25) is 0 Å². The molecule has 0 amide bonds. The normalized spacial score (nSPS) is 10.3. The Labute approximate surface area is 128 Å². The lowest BCUT2D eigenvalue weighted by Crippen LogP contribution is -2.00. The van der Waals surface area contributed by atoms with E-state index in [0.717, 1.165) is 16.2 Å². The van der Waals surface area contributed by atoms with Crippen LogP contribution >= 0.6 is 23.4 Å². The maximum Gasteiger partial charge on any atom is 0.337 e. The SMILES string of the molecule is CCc1ccc(Sc2ccc(C(=O)OC)cc2Cl)cc1. The van der Waals surface area contributed by atoms with Gasteiger partial charge in [-0.2, -0.15) is 0 Å². The van der Waals surface area contributed by atoms with Crippen molar-refractivity contribution in [1.29, 1.82) is 0 Å². The number of esters is 1. The Balaban J connectivity index is 2.18. The van der Waals surface area contributed by atoms with Crippen LogP contribution in [-0.4, -0.2) is 13.1 Å². The molecule has 0 fully saturated rings. The van der Waals surface area contributed by atoms with Crippen molar-refractivity contribution in [2.75, 3.05) is 7.11 Å². The second-order valence-corrected chi connectivity index (χ2v) is 5.76. The number of hydrogen-bond acceptors (Lipinski definition) is 3. The molecule has 2 rings (SSSR count). The third-order valence-electron chi connectivity index (χ3n) is 2.91. The van der Waals surface area contributed by atoms with Crippen LogP contribution in [0.3, 0.4) is 0 Å². The van der Waals surface area contributed by atoms with Crippen molar-refractivity contribution in [3.05, 3.63) is 58.6 Å². The third kappa shape index (κ3) is 3.56. The fourth-order valence-electron chi connectivity index (χ4n) is 1.75. The smallest absolute Gasteiger partial charge is 0.337 e. The molecule has 0 radical (unpaired) electrons. The molecule has 0 bridgehead atoms. The summed E-state index contributed by atoms with van der Waals surface area (Å²) in [5.41, 5.74) is 1.77. The number of halogens is 1. The monoisotopic (exact) mass is 306 g/mol. The Kier molecular flexibility index (Phi) is 5.10. The quantitative estimate of drug-likeness (QED) is 0.756. The predicted molar refractivity (Wildman–Crippen MR) is 82.7 cm³/mol. The average molecular weight is 307 g/mol. The van der Waals surface area contributed by atoms with Gasteiger partial charge in [0.15, 0.2) is 0 Å². The maximum atomic E-state index is 11.4. The summed E-state index contributed by atoms with van der Waals surface area (Å²) in [6.07, 6.45) is 1.03. The van der Waals surface area contributed by atoms with Crippen LogP contribution in [0.5, 0.6) is 0 Å². The number of carbonyl (C=O) groups excluding carboxylic acids is 1. The molecule has 2 nitrogen and oxygen atoms in total. The van der Waals surface area contributed by atoms with Gasteiger partial charge < -0.3 is 4.74 Å². The molecule has 0 unspecified atom stereocenters. The summed E-state index contributed by atoms with van der Waals surface area (Å²) in [5.74, 6) is -0.379. The molecule has 0 spiro atoms. The highest BCUT2D eigenvalue weighted by Crippen LogP contribution is 2.34. The van der Waals surface area contributed by atoms with Gasteiger partial charge in [0, 0.05) is 9.79 Å². The van der Waals surface area contributed by atoms with E-state index in [1.54, 1.807) is 23.9 Å². The molecule has 4 heteroatoms. The van der Waals surface area contributed by atoms with E-state index in [0.29, 0.717) is 10.6 Å². The summed E-state index contributed by atoms with van der Waals surface area (Å²) in [7, 11) is 1.36. The Bertz CT molecular complexity index is 608. The van der Waals surface area contributed by atoms with E-state index >= 15 is 0 Å².